The minimum absolute atomic E-state index is 0.214. The molecule has 0 atom stereocenters. The van der Waals surface area contributed by atoms with Crippen molar-refractivity contribution in [1.29, 1.82) is 0 Å². The molecule has 0 aromatic heterocycles. The maximum Gasteiger partial charge on any atom is 0.220 e. The Balaban J connectivity index is 2.16. The summed E-state index contributed by atoms with van der Waals surface area (Å²) >= 11 is 3.45. The molecule has 1 saturated carbocycles. The van der Waals surface area contributed by atoms with Crippen LogP contribution in [0.3, 0.4) is 0 Å². The third-order valence-corrected chi connectivity index (χ3v) is 4.90. The first kappa shape index (κ1) is 15.3. The van der Waals surface area contributed by atoms with E-state index in [0.717, 1.165) is 36.9 Å². The Kier molecular flexibility index (Phi) is 3.84. The van der Waals surface area contributed by atoms with Crippen molar-refractivity contribution in [2.24, 2.45) is 21.5 Å². The molecule has 1 fully saturated rings. The Morgan fingerprint density at radius 3 is 2.55 bits per heavy atom. The molecular weight excluding hydrogens is 349 g/mol. The van der Waals surface area contributed by atoms with E-state index in [2.05, 4.69) is 25.9 Å². The van der Waals surface area contributed by atoms with Crippen LogP contribution in [0.5, 0.6) is 0 Å². The molecule has 1 heterocycles. The van der Waals surface area contributed by atoms with Gasteiger partial charge < -0.3 is 11.5 Å². The standard InChI is InChI=1S/C15H19BrFN5/c1-9-7-10(17)8-11(16)12(9)22-14(19)20-13(18)21-15(22)5-3-2-4-6-15/h7-8H,2-6H2,1H3,(H4,18,19,20,21). The van der Waals surface area contributed by atoms with Gasteiger partial charge in [0.1, 0.15) is 11.5 Å². The van der Waals surface area contributed by atoms with Gasteiger partial charge in [-0.2, -0.15) is 4.99 Å². The SMILES string of the molecule is Cc1cc(F)cc(Br)c1N1C(N)=NC(N)=NC12CCCCC2. The van der Waals surface area contributed by atoms with Gasteiger partial charge >= 0.3 is 0 Å². The van der Waals surface area contributed by atoms with E-state index in [-0.39, 0.29) is 11.8 Å². The third-order valence-electron chi connectivity index (χ3n) is 4.29. The summed E-state index contributed by atoms with van der Waals surface area (Å²) in [4.78, 5) is 10.7. The zero-order valence-corrected chi connectivity index (χ0v) is 14.0. The van der Waals surface area contributed by atoms with Gasteiger partial charge in [-0.25, -0.2) is 9.38 Å². The maximum absolute atomic E-state index is 13.6. The summed E-state index contributed by atoms with van der Waals surface area (Å²) in [6, 6.07) is 2.93. The second-order valence-corrected chi connectivity index (χ2v) is 6.73. The summed E-state index contributed by atoms with van der Waals surface area (Å²) in [5, 5.41) is 0. The van der Waals surface area contributed by atoms with E-state index in [1.54, 1.807) is 0 Å². The van der Waals surface area contributed by atoms with E-state index < -0.39 is 5.66 Å². The first-order chi connectivity index (χ1) is 10.4. The van der Waals surface area contributed by atoms with Gasteiger partial charge in [0.25, 0.3) is 0 Å². The molecule has 0 unspecified atom stereocenters. The monoisotopic (exact) mass is 367 g/mol. The minimum Gasteiger partial charge on any atom is -0.369 e. The molecule has 1 aliphatic carbocycles. The highest BCUT2D eigenvalue weighted by molar-refractivity contribution is 9.10. The lowest BCUT2D eigenvalue weighted by Gasteiger charge is -2.46. The number of benzene rings is 1. The summed E-state index contributed by atoms with van der Waals surface area (Å²) in [6.45, 7) is 1.86. The topological polar surface area (TPSA) is 80.0 Å². The van der Waals surface area contributed by atoms with Crippen molar-refractivity contribution in [3.05, 3.63) is 28.0 Å². The fourth-order valence-electron chi connectivity index (χ4n) is 3.42. The molecule has 22 heavy (non-hydrogen) atoms. The van der Waals surface area contributed by atoms with Gasteiger partial charge in [0.05, 0.1) is 5.69 Å². The minimum atomic E-state index is -0.515. The van der Waals surface area contributed by atoms with Gasteiger partial charge in [-0.15, -0.1) is 0 Å². The van der Waals surface area contributed by atoms with Crippen molar-refractivity contribution in [2.45, 2.75) is 44.7 Å². The lowest BCUT2D eigenvalue weighted by molar-refractivity contribution is 0.305. The predicted octanol–water partition coefficient (Wildman–Crippen LogP) is 3.01. The van der Waals surface area contributed by atoms with E-state index in [4.69, 9.17) is 11.5 Å². The Labute approximate surface area is 137 Å². The van der Waals surface area contributed by atoms with Crippen molar-refractivity contribution < 1.29 is 4.39 Å². The molecule has 1 spiro atoms. The third kappa shape index (κ3) is 2.47. The van der Waals surface area contributed by atoms with E-state index in [9.17, 15) is 4.39 Å². The smallest absolute Gasteiger partial charge is 0.220 e. The van der Waals surface area contributed by atoms with E-state index in [1.165, 1.54) is 18.6 Å². The van der Waals surface area contributed by atoms with Crippen LogP contribution in [0.1, 0.15) is 37.7 Å². The summed E-state index contributed by atoms with van der Waals surface area (Å²) < 4.78 is 14.3. The van der Waals surface area contributed by atoms with Crippen LogP contribution in [0, 0.1) is 12.7 Å². The quantitative estimate of drug-likeness (QED) is 0.800. The number of anilines is 1. The number of aliphatic imine (C=N–C) groups is 2. The Hall–Kier alpha value is -1.63. The second-order valence-electron chi connectivity index (χ2n) is 5.87. The average Bonchev–Trinajstić information content (AvgIpc) is 2.41. The van der Waals surface area contributed by atoms with Crippen LogP contribution < -0.4 is 16.4 Å². The molecule has 0 bridgehead atoms. The number of aryl methyl sites for hydroxylation is 1. The van der Waals surface area contributed by atoms with Gasteiger partial charge in [0.15, 0.2) is 0 Å². The van der Waals surface area contributed by atoms with Gasteiger partial charge in [-0.3, -0.25) is 4.90 Å². The Morgan fingerprint density at radius 2 is 1.91 bits per heavy atom. The highest BCUT2D eigenvalue weighted by Gasteiger charge is 2.43. The molecule has 1 aliphatic heterocycles. The fraction of sp³-hybridized carbons (Fsp3) is 0.467. The molecular formula is C15H19BrFN5. The van der Waals surface area contributed by atoms with Gasteiger partial charge in [-0.1, -0.05) is 6.42 Å². The molecule has 0 radical (unpaired) electrons. The molecule has 5 nitrogen and oxygen atoms in total. The summed E-state index contributed by atoms with van der Waals surface area (Å²) in [5.74, 6) is 0.234. The predicted molar refractivity (Wildman–Crippen MR) is 90.4 cm³/mol. The fourth-order valence-corrected chi connectivity index (χ4v) is 4.13. The molecule has 7 heteroatoms. The van der Waals surface area contributed by atoms with Gasteiger partial charge in [0.2, 0.25) is 11.9 Å². The number of nitrogens with zero attached hydrogens (tertiary/aromatic N) is 3. The zero-order valence-electron chi connectivity index (χ0n) is 12.4. The maximum atomic E-state index is 13.6. The first-order valence-electron chi connectivity index (χ1n) is 7.38. The van der Waals surface area contributed by atoms with Crippen LogP contribution in [-0.4, -0.2) is 17.6 Å². The molecule has 118 valence electrons. The van der Waals surface area contributed by atoms with Crippen LogP contribution in [-0.2, 0) is 0 Å². The summed E-state index contributed by atoms with van der Waals surface area (Å²) in [6.07, 6.45) is 4.99. The van der Waals surface area contributed by atoms with Crippen LogP contribution in [0.2, 0.25) is 0 Å². The second kappa shape index (κ2) is 5.53. The molecule has 0 saturated heterocycles. The van der Waals surface area contributed by atoms with Gasteiger partial charge in [0, 0.05) is 4.47 Å². The van der Waals surface area contributed by atoms with Crippen molar-refractivity contribution in [2.75, 3.05) is 4.90 Å². The molecule has 1 aromatic carbocycles. The van der Waals surface area contributed by atoms with Crippen molar-refractivity contribution >= 4 is 33.5 Å². The largest absolute Gasteiger partial charge is 0.369 e. The molecule has 1 aromatic rings. The zero-order chi connectivity index (χ0) is 15.9. The summed E-state index contributed by atoms with van der Waals surface area (Å²) in [7, 11) is 0. The number of hydrogen-bond donors (Lipinski definition) is 2. The van der Waals surface area contributed by atoms with Crippen molar-refractivity contribution in [3.8, 4) is 0 Å². The number of rotatable bonds is 1. The van der Waals surface area contributed by atoms with Gasteiger partial charge in [-0.05, 0) is 66.2 Å². The van der Waals surface area contributed by atoms with Crippen LogP contribution >= 0.6 is 15.9 Å². The van der Waals surface area contributed by atoms with E-state index in [0.29, 0.717) is 10.4 Å². The molecule has 0 amide bonds. The first-order valence-corrected chi connectivity index (χ1v) is 8.18. The molecule has 3 rings (SSSR count). The van der Waals surface area contributed by atoms with Crippen molar-refractivity contribution in [1.82, 2.24) is 0 Å². The molecule has 2 aliphatic rings. The Bertz CT molecular complexity index is 641. The normalized spacial score (nSPS) is 20.8. The number of nitrogens with two attached hydrogens (primary N) is 2. The van der Waals surface area contributed by atoms with Crippen molar-refractivity contribution in [3.63, 3.8) is 0 Å². The lowest BCUT2D eigenvalue weighted by Crippen LogP contribution is -2.58. The highest BCUT2D eigenvalue weighted by atomic mass is 79.9. The van der Waals surface area contributed by atoms with E-state index >= 15 is 0 Å². The van der Waals surface area contributed by atoms with Crippen LogP contribution in [0.4, 0.5) is 10.1 Å². The van der Waals surface area contributed by atoms with Crippen LogP contribution in [0.25, 0.3) is 0 Å². The average molecular weight is 368 g/mol. The number of hydrogen-bond acceptors (Lipinski definition) is 5. The molecule has 4 N–H and O–H groups in total. The number of guanidine groups is 2. The lowest BCUT2D eigenvalue weighted by atomic mass is 9.87. The van der Waals surface area contributed by atoms with Crippen LogP contribution in [0.15, 0.2) is 26.6 Å². The van der Waals surface area contributed by atoms with E-state index in [1.807, 2.05) is 11.8 Å². The summed E-state index contributed by atoms with van der Waals surface area (Å²) in [5.41, 5.74) is 13.1. The highest BCUT2D eigenvalue weighted by Crippen LogP contribution is 2.43. The Morgan fingerprint density at radius 1 is 1.23 bits per heavy atom. The number of halogens is 2.